The van der Waals surface area contributed by atoms with Crippen LogP contribution in [0.1, 0.15) is 13.8 Å². The summed E-state index contributed by atoms with van der Waals surface area (Å²) >= 11 is 0. The highest BCUT2D eigenvalue weighted by atomic mass is 19.1. The molecule has 1 aliphatic rings. The number of nitrogens with zero attached hydrogens (tertiary/aromatic N) is 4. The van der Waals surface area contributed by atoms with Crippen LogP contribution in [0.25, 0.3) is 0 Å². The van der Waals surface area contributed by atoms with Crippen molar-refractivity contribution in [3.63, 3.8) is 0 Å². The van der Waals surface area contributed by atoms with Crippen molar-refractivity contribution < 1.29 is 13.6 Å². The molecule has 0 bridgehead atoms. The highest BCUT2D eigenvalue weighted by Gasteiger charge is 2.33. The molecule has 0 aromatic heterocycles. The molecule has 1 aliphatic heterocycles. The third kappa shape index (κ3) is 5.69. The Labute approximate surface area is 180 Å². The van der Waals surface area contributed by atoms with Crippen LogP contribution in [0.2, 0.25) is 0 Å². The fourth-order valence-electron chi connectivity index (χ4n) is 3.47. The van der Waals surface area contributed by atoms with E-state index in [0.717, 1.165) is 0 Å². The number of urea groups is 1. The van der Waals surface area contributed by atoms with Gasteiger partial charge in [0.15, 0.2) is 0 Å². The molecule has 2 amide bonds. The van der Waals surface area contributed by atoms with Crippen LogP contribution in [0.4, 0.5) is 25.0 Å². The minimum absolute atomic E-state index is 0.118. The normalized spacial score (nSPS) is 16.8. The van der Waals surface area contributed by atoms with E-state index < -0.39 is 5.82 Å². The number of piperazine rings is 1. The van der Waals surface area contributed by atoms with E-state index in [1.54, 1.807) is 23.1 Å². The molecule has 3 rings (SSSR count). The molecule has 162 valence electrons. The summed E-state index contributed by atoms with van der Waals surface area (Å²) < 4.78 is 26.6. The lowest BCUT2D eigenvalue weighted by Crippen LogP contribution is -2.60. The van der Waals surface area contributed by atoms with E-state index in [0.29, 0.717) is 37.0 Å². The number of guanidine groups is 1. The van der Waals surface area contributed by atoms with E-state index in [1.165, 1.54) is 30.3 Å². The molecule has 1 atom stereocenters. The zero-order valence-electron chi connectivity index (χ0n) is 17.3. The predicted octanol–water partition coefficient (Wildman–Crippen LogP) is 4.09. The second-order valence-electron chi connectivity index (χ2n) is 7.56. The maximum absolute atomic E-state index is 13.4. The van der Waals surface area contributed by atoms with Crippen molar-refractivity contribution in [1.82, 2.24) is 9.80 Å². The lowest BCUT2D eigenvalue weighted by atomic mass is 10.00. The highest BCUT2D eigenvalue weighted by molar-refractivity contribution is 5.95. The standard InChI is InChI=1S/C22H24F2N6O/c1-15(2)20-13-29(22(31)28-19-5-3-4-17(24)12-19)10-11-30(20)21(26-14-25)27-18-8-6-16(23)7-9-18/h3-9,12,15,20H,10-11,13H2,1-2H3,(H,26,27)(H,28,31). The number of halogens is 2. The van der Waals surface area contributed by atoms with Crippen LogP contribution in [0.5, 0.6) is 0 Å². The molecule has 31 heavy (non-hydrogen) atoms. The molecule has 1 unspecified atom stereocenters. The van der Waals surface area contributed by atoms with Gasteiger partial charge in [-0.05, 0) is 48.4 Å². The predicted molar refractivity (Wildman–Crippen MR) is 115 cm³/mol. The van der Waals surface area contributed by atoms with Gasteiger partial charge in [-0.1, -0.05) is 19.9 Å². The summed E-state index contributed by atoms with van der Waals surface area (Å²) in [6.45, 7) is 5.27. The Balaban J connectivity index is 1.73. The van der Waals surface area contributed by atoms with Gasteiger partial charge in [-0.3, -0.25) is 0 Å². The Morgan fingerprint density at radius 1 is 1.10 bits per heavy atom. The van der Waals surface area contributed by atoms with Gasteiger partial charge < -0.3 is 20.4 Å². The van der Waals surface area contributed by atoms with E-state index in [4.69, 9.17) is 0 Å². The van der Waals surface area contributed by atoms with Gasteiger partial charge in [0.2, 0.25) is 12.2 Å². The van der Waals surface area contributed by atoms with Gasteiger partial charge in [-0.15, -0.1) is 4.99 Å². The average Bonchev–Trinajstić information content (AvgIpc) is 2.74. The Morgan fingerprint density at radius 2 is 1.84 bits per heavy atom. The average molecular weight is 426 g/mol. The van der Waals surface area contributed by atoms with E-state index in [-0.39, 0.29) is 23.8 Å². The van der Waals surface area contributed by atoms with Gasteiger partial charge in [-0.2, -0.15) is 5.26 Å². The number of benzene rings is 2. The smallest absolute Gasteiger partial charge is 0.321 e. The number of hydrogen-bond acceptors (Lipinski definition) is 3. The Hall–Kier alpha value is -3.67. The van der Waals surface area contributed by atoms with Gasteiger partial charge >= 0.3 is 6.03 Å². The quantitative estimate of drug-likeness (QED) is 0.440. The number of nitrogens with one attached hydrogen (secondary N) is 2. The first-order valence-corrected chi connectivity index (χ1v) is 9.95. The van der Waals surface area contributed by atoms with E-state index >= 15 is 0 Å². The second-order valence-corrected chi connectivity index (χ2v) is 7.56. The molecule has 2 aromatic carbocycles. The van der Waals surface area contributed by atoms with Gasteiger partial charge in [0, 0.05) is 31.0 Å². The molecule has 2 N–H and O–H groups in total. The minimum atomic E-state index is -0.424. The Kier molecular flexibility index (Phi) is 7.03. The monoisotopic (exact) mass is 426 g/mol. The van der Waals surface area contributed by atoms with Gasteiger partial charge in [-0.25, -0.2) is 13.6 Å². The summed E-state index contributed by atoms with van der Waals surface area (Å²) in [5.41, 5.74) is 0.988. The van der Waals surface area contributed by atoms with Crippen LogP contribution in [0.15, 0.2) is 53.5 Å². The third-order valence-corrected chi connectivity index (χ3v) is 5.08. The van der Waals surface area contributed by atoms with Crippen molar-refractivity contribution in [2.75, 3.05) is 30.3 Å². The topological polar surface area (TPSA) is 83.8 Å². The highest BCUT2D eigenvalue weighted by Crippen LogP contribution is 2.21. The van der Waals surface area contributed by atoms with Crippen LogP contribution < -0.4 is 10.6 Å². The molecule has 9 heteroatoms. The molecule has 0 saturated carbocycles. The number of rotatable bonds is 3. The van der Waals surface area contributed by atoms with Gasteiger partial charge in [0.1, 0.15) is 11.6 Å². The second kappa shape index (κ2) is 9.89. The van der Waals surface area contributed by atoms with E-state index in [9.17, 15) is 18.8 Å². The first-order chi connectivity index (χ1) is 14.9. The maximum Gasteiger partial charge on any atom is 0.321 e. The van der Waals surface area contributed by atoms with Crippen molar-refractivity contribution in [2.24, 2.45) is 10.9 Å². The van der Waals surface area contributed by atoms with Crippen molar-refractivity contribution >= 4 is 23.4 Å². The molecular formula is C22H24F2N6O. The lowest BCUT2D eigenvalue weighted by Gasteiger charge is -2.44. The number of hydrogen-bond donors (Lipinski definition) is 2. The summed E-state index contributed by atoms with van der Waals surface area (Å²) in [4.78, 5) is 20.2. The van der Waals surface area contributed by atoms with Crippen LogP contribution in [0, 0.1) is 29.0 Å². The maximum atomic E-state index is 13.4. The van der Waals surface area contributed by atoms with Crippen LogP contribution in [0.3, 0.4) is 0 Å². The first-order valence-electron chi connectivity index (χ1n) is 9.95. The first kappa shape index (κ1) is 22.0. The fraction of sp³-hybridized carbons (Fsp3) is 0.318. The van der Waals surface area contributed by atoms with Crippen LogP contribution in [-0.2, 0) is 0 Å². The molecule has 1 saturated heterocycles. The summed E-state index contributed by atoms with van der Waals surface area (Å²) in [6, 6.07) is 11.1. The summed E-state index contributed by atoms with van der Waals surface area (Å²) in [6.07, 6.45) is 1.81. The molecule has 0 spiro atoms. The van der Waals surface area contributed by atoms with Crippen LogP contribution >= 0.6 is 0 Å². The third-order valence-electron chi connectivity index (χ3n) is 5.08. The number of carbonyl (C=O) groups excluding carboxylic acids is 1. The van der Waals surface area contributed by atoms with Crippen molar-refractivity contribution in [3.8, 4) is 6.19 Å². The molecule has 1 heterocycles. The minimum Gasteiger partial charge on any atom is -0.335 e. The Morgan fingerprint density at radius 3 is 2.48 bits per heavy atom. The fourth-order valence-corrected chi connectivity index (χ4v) is 3.47. The van der Waals surface area contributed by atoms with Crippen molar-refractivity contribution in [2.45, 2.75) is 19.9 Å². The number of anilines is 2. The SMILES string of the molecule is CC(C)C1CN(C(=O)Nc2cccc(F)c2)CCN1/C(=N/C#N)Nc1ccc(F)cc1. The molecule has 7 nitrogen and oxygen atoms in total. The summed E-state index contributed by atoms with van der Waals surface area (Å²) in [5, 5.41) is 15.0. The van der Waals surface area contributed by atoms with Crippen LogP contribution in [-0.4, -0.2) is 47.5 Å². The Bertz CT molecular complexity index is 986. The number of carbonyl (C=O) groups is 1. The van der Waals surface area contributed by atoms with Gasteiger partial charge in [0.25, 0.3) is 0 Å². The lowest BCUT2D eigenvalue weighted by molar-refractivity contribution is 0.120. The van der Waals surface area contributed by atoms with Gasteiger partial charge in [0.05, 0.1) is 6.04 Å². The van der Waals surface area contributed by atoms with E-state index in [2.05, 4.69) is 15.6 Å². The number of nitriles is 1. The molecule has 0 aliphatic carbocycles. The summed E-state index contributed by atoms with van der Waals surface area (Å²) in [5.74, 6) is -0.295. The molecule has 1 fully saturated rings. The van der Waals surface area contributed by atoms with Crippen molar-refractivity contribution in [3.05, 3.63) is 60.2 Å². The zero-order valence-corrected chi connectivity index (χ0v) is 17.3. The molecule has 2 aromatic rings. The van der Waals surface area contributed by atoms with Crippen molar-refractivity contribution in [1.29, 1.82) is 5.26 Å². The summed E-state index contributed by atoms with van der Waals surface area (Å²) in [7, 11) is 0. The number of aliphatic imine (C=N–C) groups is 1. The van der Waals surface area contributed by atoms with E-state index in [1.807, 2.05) is 24.9 Å². The molecule has 0 radical (unpaired) electrons. The molecular weight excluding hydrogens is 402 g/mol. The number of amides is 2. The zero-order chi connectivity index (χ0) is 22.4. The largest absolute Gasteiger partial charge is 0.335 e.